The van der Waals surface area contributed by atoms with Crippen molar-refractivity contribution in [1.29, 1.82) is 0 Å². The van der Waals surface area contributed by atoms with Crippen LogP contribution in [-0.4, -0.2) is 0 Å². The molecule has 0 nitrogen and oxygen atoms in total. The molecule has 0 radical (unpaired) electrons. The van der Waals surface area contributed by atoms with E-state index in [9.17, 15) is 0 Å². The molecule has 0 saturated heterocycles. The van der Waals surface area contributed by atoms with E-state index < -0.39 is 0 Å². The first-order valence-corrected chi connectivity index (χ1v) is 9.71. The van der Waals surface area contributed by atoms with Crippen molar-refractivity contribution in [2.75, 3.05) is 0 Å². The van der Waals surface area contributed by atoms with Gasteiger partial charge < -0.3 is 0 Å². The van der Waals surface area contributed by atoms with Gasteiger partial charge >= 0.3 is 0 Å². The zero-order chi connectivity index (χ0) is 18.8. The van der Waals surface area contributed by atoms with Gasteiger partial charge in [-0.25, -0.2) is 0 Å². The smallest absolute Gasteiger partial charge is 0.0159 e. The topological polar surface area (TPSA) is 0 Å². The number of rotatable bonds is 1. The van der Waals surface area contributed by atoms with Crippen molar-refractivity contribution in [3.8, 4) is 22.3 Å². The highest BCUT2D eigenvalue weighted by molar-refractivity contribution is 6.08. The summed E-state index contributed by atoms with van der Waals surface area (Å²) in [5, 5.41) is 2.70. The van der Waals surface area contributed by atoms with E-state index in [1.807, 2.05) is 0 Å². The molecule has 5 rings (SSSR count). The lowest BCUT2D eigenvalue weighted by molar-refractivity contribution is 0.660. The van der Waals surface area contributed by atoms with Crippen LogP contribution in [0.5, 0.6) is 0 Å². The molecule has 0 heteroatoms. The van der Waals surface area contributed by atoms with Crippen molar-refractivity contribution >= 4 is 10.8 Å². The molecule has 0 aromatic heterocycles. The van der Waals surface area contributed by atoms with Crippen LogP contribution in [0.4, 0.5) is 0 Å². The normalized spacial score (nSPS) is 14.2. The molecule has 1 aliphatic carbocycles. The SMILES string of the molecule is Cc1ccc(-c2cc3c(c4ccccc24)-c2ccc(C)cc2C3(C)C)cc1. The molecule has 0 atom stereocenters. The lowest BCUT2D eigenvalue weighted by Gasteiger charge is -2.23. The van der Waals surface area contributed by atoms with Gasteiger partial charge in [0.2, 0.25) is 0 Å². The summed E-state index contributed by atoms with van der Waals surface area (Å²) in [5.74, 6) is 0. The number of aryl methyl sites for hydroxylation is 2. The molecule has 27 heavy (non-hydrogen) atoms. The van der Waals surface area contributed by atoms with Gasteiger partial charge in [0.1, 0.15) is 0 Å². The highest BCUT2D eigenvalue weighted by Crippen LogP contribution is 2.53. The van der Waals surface area contributed by atoms with Crippen molar-refractivity contribution < 1.29 is 0 Å². The summed E-state index contributed by atoms with van der Waals surface area (Å²) in [6, 6.07) is 27.2. The molecule has 0 N–H and O–H groups in total. The second-order valence-corrected chi connectivity index (χ2v) is 8.43. The van der Waals surface area contributed by atoms with Gasteiger partial charge in [-0.05, 0) is 64.1 Å². The molecule has 0 bridgehead atoms. The van der Waals surface area contributed by atoms with Crippen LogP contribution in [0.2, 0.25) is 0 Å². The standard InChI is InChI=1S/C27H24/c1-17-9-12-19(13-10-17)23-16-25-26(21-8-6-5-7-20(21)23)22-14-11-18(2)15-24(22)27(25,3)4/h5-16H,1-4H3. The zero-order valence-electron chi connectivity index (χ0n) is 16.4. The third kappa shape index (κ3) is 2.29. The van der Waals surface area contributed by atoms with Crippen molar-refractivity contribution in [2.24, 2.45) is 0 Å². The van der Waals surface area contributed by atoms with Crippen molar-refractivity contribution in [3.05, 3.63) is 95.1 Å². The molecule has 0 aliphatic heterocycles. The number of benzene rings is 4. The van der Waals surface area contributed by atoms with Crippen molar-refractivity contribution in [2.45, 2.75) is 33.1 Å². The van der Waals surface area contributed by atoms with Crippen molar-refractivity contribution in [1.82, 2.24) is 0 Å². The minimum absolute atomic E-state index is 0.0141. The minimum atomic E-state index is 0.0141. The van der Waals surface area contributed by atoms with Gasteiger partial charge in [0.25, 0.3) is 0 Å². The predicted molar refractivity (Wildman–Crippen MR) is 116 cm³/mol. The van der Waals surface area contributed by atoms with Crippen LogP contribution in [0, 0.1) is 13.8 Å². The van der Waals surface area contributed by atoms with E-state index in [2.05, 4.69) is 100 Å². The van der Waals surface area contributed by atoms with Gasteiger partial charge in [-0.2, -0.15) is 0 Å². The highest BCUT2D eigenvalue weighted by atomic mass is 14.4. The quantitative estimate of drug-likeness (QED) is 0.335. The van der Waals surface area contributed by atoms with Crippen LogP contribution >= 0.6 is 0 Å². The monoisotopic (exact) mass is 348 g/mol. The first-order valence-electron chi connectivity index (χ1n) is 9.71. The minimum Gasteiger partial charge on any atom is -0.0616 e. The third-order valence-electron chi connectivity index (χ3n) is 6.20. The van der Waals surface area contributed by atoms with E-state index in [0.29, 0.717) is 0 Å². The van der Waals surface area contributed by atoms with Crippen molar-refractivity contribution in [3.63, 3.8) is 0 Å². The summed E-state index contributed by atoms with van der Waals surface area (Å²) in [4.78, 5) is 0. The Kier molecular flexibility index (Phi) is 3.37. The molecule has 4 aromatic carbocycles. The fourth-order valence-corrected chi connectivity index (χ4v) is 4.67. The summed E-state index contributed by atoms with van der Waals surface area (Å²) in [6.45, 7) is 9.07. The first kappa shape index (κ1) is 16.3. The van der Waals surface area contributed by atoms with Crippen LogP contribution in [0.3, 0.4) is 0 Å². The first-order chi connectivity index (χ1) is 13.0. The molecule has 0 saturated carbocycles. The van der Waals surface area contributed by atoms with Gasteiger partial charge in [-0.15, -0.1) is 0 Å². The average Bonchev–Trinajstić information content (AvgIpc) is 2.89. The summed E-state index contributed by atoms with van der Waals surface area (Å²) >= 11 is 0. The Morgan fingerprint density at radius 3 is 2.00 bits per heavy atom. The van der Waals surface area contributed by atoms with Gasteiger partial charge in [-0.1, -0.05) is 91.7 Å². The Labute approximate surface area is 161 Å². The van der Waals surface area contributed by atoms with E-state index in [1.165, 1.54) is 55.3 Å². The largest absolute Gasteiger partial charge is 0.0616 e. The number of hydrogen-bond acceptors (Lipinski definition) is 0. The van der Waals surface area contributed by atoms with Gasteiger partial charge in [0, 0.05) is 5.41 Å². The molecule has 1 aliphatic rings. The van der Waals surface area contributed by atoms with Gasteiger partial charge in [-0.3, -0.25) is 0 Å². The molecule has 0 unspecified atom stereocenters. The summed E-state index contributed by atoms with van der Waals surface area (Å²) in [5.41, 5.74) is 11.0. The molecule has 0 spiro atoms. The molecule has 0 amide bonds. The summed E-state index contributed by atoms with van der Waals surface area (Å²) < 4.78 is 0. The number of hydrogen-bond donors (Lipinski definition) is 0. The summed E-state index contributed by atoms with van der Waals surface area (Å²) in [7, 11) is 0. The van der Waals surface area contributed by atoms with Crippen LogP contribution in [0.1, 0.15) is 36.1 Å². The Morgan fingerprint density at radius 1 is 0.593 bits per heavy atom. The molecular formula is C27H24. The maximum Gasteiger partial charge on any atom is 0.0159 e. The predicted octanol–water partition coefficient (Wildman–Crippen LogP) is 7.43. The lowest BCUT2D eigenvalue weighted by Crippen LogP contribution is -2.15. The van der Waals surface area contributed by atoms with E-state index in [-0.39, 0.29) is 5.41 Å². The van der Waals surface area contributed by atoms with Crippen LogP contribution in [0.25, 0.3) is 33.0 Å². The average molecular weight is 348 g/mol. The van der Waals surface area contributed by atoms with Gasteiger partial charge in [0.15, 0.2) is 0 Å². The number of fused-ring (bicyclic) bond motifs is 5. The van der Waals surface area contributed by atoms with Crippen LogP contribution in [0.15, 0.2) is 72.8 Å². The summed E-state index contributed by atoms with van der Waals surface area (Å²) in [6.07, 6.45) is 0. The molecular weight excluding hydrogens is 324 g/mol. The van der Waals surface area contributed by atoms with E-state index in [4.69, 9.17) is 0 Å². The van der Waals surface area contributed by atoms with E-state index in [0.717, 1.165) is 0 Å². The maximum atomic E-state index is 2.44. The molecule has 0 fully saturated rings. The third-order valence-corrected chi connectivity index (χ3v) is 6.20. The fraction of sp³-hybridized carbons (Fsp3) is 0.185. The Bertz CT molecular complexity index is 1190. The lowest BCUT2D eigenvalue weighted by atomic mass is 9.80. The second-order valence-electron chi connectivity index (χ2n) is 8.43. The molecule has 4 aromatic rings. The Morgan fingerprint density at radius 2 is 1.26 bits per heavy atom. The Balaban J connectivity index is 1.91. The molecule has 0 heterocycles. The zero-order valence-corrected chi connectivity index (χ0v) is 16.4. The molecule has 132 valence electrons. The van der Waals surface area contributed by atoms with E-state index >= 15 is 0 Å². The van der Waals surface area contributed by atoms with E-state index in [1.54, 1.807) is 0 Å². The maximum absolute atomic E-state index is 2.44. The van der Waals surface area contributed by atoms with Crippen LogP contribution in [-0.2, 0) is 5.41 Å². The fourth-order valence-electron chi connectivity index (χ4n) is 4.67. The second kappa shape index (κ2) is 5.57. The van der Waals surface area contributed by atoms with Crippen LogP contribution < -0.4 is 0 Å². The highest BCUT2D eigenvalue weighted by Gasteiger charge is 2.37. The van der Waals surface area contributed by atoms with Gasteiger partial charge in [0.05, 0.1) is 0 Å². The Hall–Kier alpha value is -2.86.